The molecule has 0 fully saturated rings. The zero-order valence-corrected chi connectivity index (χ0v) is 11.0. The Balaban J connectivity index is 2.28. The number of rotatable bonds is 1. The Morgan fingerprint density at radius 2 is 2.17 bits per heavy atom. The first kappa shape index (κ1) is 10.9. The average Bonchev–Trinajstić information content (AvgIpc) is 2.92. The molecule has 0 radical (unpaired) electrons. The highest BCUT2D eigenvalue weighted by molar-refractivity contribution is 9.10. The molecule has 0 aliphatic rings. The van der Waals surface area contributed by atoms with E-state index in [0.29, 0.717) is 11.5 Å². The summed E-state index contributed by atoms with van der Waals surface area (Å²) >= 11 is 3.39. The van der Waals surface area contributed by atoms with E-state index < -0.39 is 0 Å². The molecule has 7 heteroatoms. The van der Waals surface area contributed by atoms with Gasteiger partial charge < -0.3 is 9.41 Å². The summed E-state index contributed by atoms with van der Waals surface area (Å²) in [7, 11) is 1.89. The van der Waals surface area contributed by atoms with Crippen LogP contribution in [0.3, 0.4) is 0 Å². The Hall–Kier alpha value is -2.20. The number of aryl methyl sites for hydroxylation is 1. The van der Waals surface area contributed by atoms with Gasteiger partial charge in [0.1, 0.15) is 16.0 Å². The normalized spacial score (nSPS) is 10.7. The van der Waals surface area contributed by atoms with E-state index in [9.17, 15) is 0 Å². The molecule has 3 aromatic heterocycles. The molecule has 88 valence electrons. The van der Waals surface area contributed by atoms with Gasteiger partial charge in [-0.2, -0.15) is 0 Å². The summed E-state index contributed by atoms with van der Waals surface area (Å²) < 4.78 is 4.12. The van der Waals surface area contributed by atoms with Crippen molar-refractivity contribution in [2.75, 3.05) is 0 Å². The molecule has 0 unspecified atom stereocenters. The molecule has 3 heterocycles. The molecular weight excluding hydrogens is 296 g/mol. The molecule has 0 saturated carbocycles. The van der Waals surface area contributed by atoms with Crippen LogP contribution in [0, 0.1) is 6.57 Å². The Morgan fingerprint density at radius 1 is 1.33 bits per heavy atom. The van der Waals surface area contributed by atoms with Crippen molar-refractivity contribution in [1.29, 1.82) is 0 Å². The van der Waals surface area contributed by atoms with Gasteiger partial charge >= 0.3 is 0 Å². The van der Waals surface area contributed by atoms with Crippen LogP contribution in [0.4, 0.5) is 5.82 Å². The molecule has 3 aromatic rings. The lowest BCUT2D eigenvalue weighted by atomic mass is 10.3. The van der Waals surface area contributed by atoms with E-state index >= 15 is 0 Å². The van der Waals surface area contributed by atoms with Gasteiger partial charge in [-0.1, -0.05) is 11.7 Å². The van der Waals surface area contributed by atoms with E-state index in [1.54, 1.807) is 6.33 Å². The third kappa shape index (κ3) is 1.50. The van der Waals surface area contributed by atoms with E-state index in [-0.39, 0.29) is 0 Å². The predicted octanol–water partition coefficient (Wildman–Crippen LogP) is 2.44. The molecule has 0 aromatic carbocycles. The Labute approximate surface area is 111 Å². The lowest BCUT2D eigenvalue weighted by Gasteiger charge is -2.01. The van der Waals surface area contributed by atoms with E-state index in [4.69, 9.17) is 6.57 Å². The number of aromatic nitrogens is 5. The lowest BCUT2D eigenvalue weighted by molar-refractivity contribution is 0.893. The fraction of sp³-hybridized carbons (Fsp3) is 0.0909. The second-order valence-electron chi connectivity index (χ2n) is 3.71. The summed E-state index contributed by atoms with van der Waals surface area (Å²) in [6.07, 6.45) is 3.21. The van der Waals surface area contributed by atoms with Crippen LogP contribution in [0.25, 0.3) is 21.9 Å². The van der Waals surface area contributed by atoms with Crippen molar-refractivity contribution >= 4 is 27.4 Å². The van der Waals surface area contributed by atoms with Gasteiger partial charge in [0.25, 0.3) is 5.82 Å². The maximum atomic E-state index is 7.07. The van der Waals surface area contributed by atoms with Gasteiger partial charge in [0.05, 0.1) is 12.5 Å². The van der Waals surface area contributed by atoms with Crippen LogP contribution in [-0.2, 0) is 7.05 Å². The molecule has 18 heavy (non-hydrogen) atoms. The van der Waals surface area contributed by atoms with Crippen molar-refractivity contribution in [1.82, 2.24) is 24.1 Å². The van der Waals surface area contributed by atoms with Gasteiger partial charge in [-0.25, -0.2) is 9.97 Å². The Kier molecular flexibility index (Phi) is 2.38. The molecule has 0 saturated heterocycles. The number of hydrogen-bond donors (Lipinski definition) is 0. The van der Waals surface area contributed by atoms with Gasteiger partial charge in [0.2, 0.25) is 5.65 Å². The van der Waals surface area contributed by atoms with Crippen LogP contribution < -0.4 is 0 Å². The first-order chi connectivity index (χ1) is 8.70. The number of fused-ring (bicyclic) bond motifs is 1. The highest BCUT2D eigenvalue weighted by Gasteiger charge is 2.14. The summed E-state index contributed by atoms with van der Waals surface area (Å²) in [6.45, 7) is 7.07. The quantitative estimate of drug-likeness (QED) is 0.649. The number of halogens is 1. The van der Waals surface area contributed by atoms with Gasteiger partial charge in [-0.15, -0.1) is 4.52 Å². The fourth-order valence-electron chi connectivity index (χ4n) is 1.75. The zero-order chi connectivity index (χ0) is 12.7. The minimum atomic E-state index is 0.394. The molecule has 0 aliphatic carbocycles. The van der Waals surface area contributed by atoms with E-state index in [1.165, 1.54) is 10.7 Å². The van der Waals surface area contributed by atoms with Crippen molar-refractivity contribution in [2.45, 2.75) is 0 Å². The molecule has 0 spiro atoms. The monoisotopic (exact) mass is 302 g/mol. The van der Waals surface area contributed by atoms with Crippen molar-refractivity contribution in [3.05, 3.63) is 40.7 Å². The van der Waals surface area contributed by atoms with Crippen LogP contribution in [0.5, 0.6) is 0 Å². The SMILES string of the molecule is [C-]#[N+]c1cnc2ccc(-c3c(Br)ncn3C)nn12. The third-order valence-corrected chi connectivity index (χ3v) is 3.17. The van der Waals surface area contributed by atoms with Crippen LogP contribution >= 0.6 is 15.9 Å². The second kappa shape index (κ2) is 3.92. The lowest BCUT2D eigenvalue weighted by Crippen LogP contribution is -1.97. The molecule has 6 nitrogen and oxygen atoms in total. The van der Waals surface area contributed by atoms with Crippen molar-refractivity contribution in [3.63, 3.8) is 0 Å². The standard InChI is InChI=1S/C11H7BrN6/c1-13-9-5-14-8-4-3-7(16-18(8)9)10-11(12)15-6-17(10)2/h3-6H,2H3. The fourth-order valence-corrected chi connectivity index (χ4v) is 2.33. The van der Waals surface area contributed by atoms with E-state index in [2.05, 4.69) is 35.8 Å². The number of nitrogens with zero attached hydrogens (tertiary/aromatic N) is 6. The summed E-state index contributed by atoms with van der Waals surface area (Å²) in [5, 5.41) is 4.42. The highest BCUT2D eigenvalue weighted by atomic mass is 79.9. The smallest absolute Gasteiger partial charge is 0.275 e. The van der Waals surface area contributed by atoms with Gasteiger partial charge in [-0.3, -0.25) is 0 Å². The molecule has 0 bridgehead atoms. The molecule has 0 atom stereocenters. The third-order valence-electron chi connectivity index (χ3n) is 2.59. The van der Waals surface area contributed by atoms with Crippen LogP contribution in [-0.4, -0.2) is 24.1 Å². The maximum absolute atomic E-state index is 7.07. The molecule has 0 aliphatic heterocycles. The molecule has 0 amide bonds. The molecular formula is C11H7BrN6. The van der Waals surface area contributed by atoms with Gasteiger partial charge in [0.15, 0.2) is 0 Å². The number of hydrogen-bond acceptors (Lipinski definition) is 3. The van der Waals surface area contributed by atoms with Crippen molar-refractivity contribution < 1.29 is 0 Å². The average molecular weight is 303 g/mol. The van der Waals surface area contributed by atoms with E-state index in [1.807, 2.05) is 23.7 Å². The largest absolute Gasteiger partial charge is 0.360 e. The van der Waals surface area contributed by atoms with Crippen LogP contribution in [0.15, 0.2) is 29.3 Å². The minimum Gasteiger partial charge on any atom is -0.360 e. The predicted molar refractivity (Wildman–Crippen MR) is 69.2 cm³/mol. The Bertz CT molecular complexity index is 759. The minimum absolute atomic E-state index is 0.394. The molecule has 0 N–H and O–H groups in total. The zero-order valence-electron chi connectivity index (χ0n) is 9.37. The van der Waals surface area contributed by atoms with E-state index in [0.717, 1.165) is 16.0 Å². The Morgan fingerprint density at radius 3 is 2.83 bits per heavy atom. The first-order valence-corrected chi connectivity index (χ1v) is 5.89. The summed E-state index contributed by atoms with van der Waals surface area (Å²) in [5.74, 6) is 0.394. The first-order valence-electron chi connectivity index (χ1n) is 5.10. The van der Waals surface area contributed by atoms with Crippen molar-refractivity contribution in [2.24, 2.45) is 7.05 Å². The van der Waals surface area contributed by atoms with Crippen molar-refractivity contribution in [3.8, 4) is 11.4 Å². The number of imidazole rings is 2. The summed E-state index contributed by atoms with van der Waals surface area (Å²) in [6, 6.07) is 3.69. The maximum Gasteiger partial charge on any atom is 0.275 e. The van der Waals surface area contributed by atoms with Crippen LogP contribution in [0.1, 0.15) is 0 Å². The topological polar surface area (TPSA) is 52.4 Å². The highest BCUT2D eigenvalue weighted by Crippen LogP contribution is 2.25. The van der Waals surface area contributed by atoms with Crippen LogP contribution in [0.2, 0.25) is 0 Å². The summed E-state index contributed by atoms with van der Waals surface area (Å²) in [4.78, 5) is 11.6. The van der Waals surface area contributed by atoms with Gasteiger partial charge in [-0.05, 0) is 22.0 Å². The summed E-state index contributed by atoms with van der Waals surface area (Å²) in [5.41, 5.74) is 2.25. The van der Waals surface area contributed by atoms with Gasteiger partial charge in [0, 0.05) is 13.1 Å². The second-order valence-corrected chi connectivity index (χ2v) is 4.46. The molecule has 3 rings (SSSR count).